The molecule has 8 heteroatoms. The monoisotopic (exact) mass is 309 g/mol. The summed E-state index contributed by atoms with van der Waals surface area (Å²) in [7, 11) is -0.269. The molecule has 0 aliphatic heterocycles. The van der Waals surface area contributed by atoms with E-state index in [-0.39, 0.29) is 11.4 Å². The van der Waals surface area contributed by atoms with Gasteiger partial charge in [0.15, 0.2) is 0 Å². The van der Waals surface area contributed by atoms with Crippen molar-refractivity contribution < 1.29 is 8.42 Å². The maximum absolute atomic E-state index is 12.7. The van der Waals surface area contributed by atoms with E-state index in [1.54, 1.807) is 43.4 Å². The van der Waals surface area contributed by atoms with E-state index in [0.717, 1.165) is 5.56 Å². The summed E-state index contributed by atoms with van der Waals surface area (Å²) < 4.78 is 28.3. The van der Waals surface area contributed by atoms with Gasteiger partial charge in [-0.2, -0.15) is 9.40 Å². The molecule has 1 N–H and O–H groups in total. The predicted molar refractivity (Wildman–Crippen MR) is 80.3 cm³/mol. The number of nitrogens with zero attached hydrogens (tertiary/aromatic N) is 4. The number of aromatic nitrogens is 3. The van der Waals surface area contributed by atoms with Crippen LogP contribution in [0.3, 0.4) is 0 Å². The van der Waals surface area contributed by atoms with Crippen LogP contribution in [-0.2, 0) is 23.6 Å². The van der Waals surface area contributed by atoms with Crippen LogP contribution >= 0.6 is 0 Å². The quantitative estimate of drug-likeness (QED) is 0.863. The van der Waals surface area contributed by atoms with Gasteiger partial charge in [-0.3, -0.25) is 9.67 Å². The standard InChI is InChI=1S/C13H19N5O2S/c1-4-15-12-5-6-14-8-13(12)21(19,20)18(3)10-11-7-16-17(2)9-11/h5-9H,4,10H2,1-3H3,(H,14,15). The van der Waals surface area contributed by atoms with Gasteiger partial charge in [-0.05, 0) is 13.0 Å². The van der Waals surface area contributed by atoms with Crippen molar-refractivity contribution >= 4 is 15.7 Å². The lowest BCUT2D eigenvalue weighted by atomic mass is 10.4. The largest absolute Gasteiger partial charge is 0.384 e. The first-order valence-corrected chi connectivity index (χ1v) is 8.01. The molecule has 2 aromatic rings. The first kappa shape index (κ1) is 15.5. The fourth-order valence-corrected chi connectivity index (χ4v) is 3.25. The third-order valence-corrected chi connectivity index (χ3v) is 4.83. The van der Waals surface area contributed by atoms with Crippen molar-refractivity contribution in [3.05, 3.63) is 36.4 Å². The Kier molecular flexibility index (Phi) is 4.59. The minimum Gasteiger partial charge on any atom is -0.384 e. The second-order valence-corrected chi connectivity index (χ2v) is 6.70. The van der Waals surface area contributed by atoms with Gasteiger partial charge >= 0.3 is 0 Å². The third-order valence-electron chi connectivity index (χ3n) is 3.00. The van der Waals surface area contributed by atoms with Crippen LogP contribution in [0, 0.1) is 0 Å². The van der Waals surface area contributed by atoms with Crippen molar-refractivity contribution in [3.63, 3.8) is 0 Å². The first-order chi connectivity index (χ1) is 9.95. The van der Waals surface area contributed by atoms with Crippen molar-refractivity contribution in [3.8, 4) is 0 Å². The van der Waals surface area contributed by atoms with Crippen molar-refractivity contribution in [2.45, 2.75) is 18.4 Å². The molecule has 114 valence electrons. The highest BCUT2D eigenvalue weighted by molar-refractivity contribution is 7.89. The number of nitrogens with one attached hydrogen (secondary N) is 1. The fourth-order valence-electron chi connectivity index (χ4n) is 1.99. The summed E-state index contributed by atoms with van der Waals surface area (Å²) in [6.07, 6.45) is 6.38. The van der Waals surface area contributed by atoms with Gasteiger partial charge in [0, 0.05) is 51.3 Å². The van der Waals surface area contributed by atoms with Crippen LogP contribution in [0.25, 0.3) is 0 Å². The van der Waals surface area contributed by atoms with Crippen molar-refractivity contribution in [2.24, 2.45) is 7.05 Å². The topological polar surface area (TPSA) is 80.1 Å². The molecule has 0 saturated heterocycles. The fraction of sp³-hybridized carbons (Fsp3) is 0.385. The lowest BCUT2D eigenvalue weighted by Crippen LogP contribution is -2.27. The van der Waals surface area contributed by atoms with Gasteiger partial charge in [-0.15, -0.1) is 0 Å². The average molecular weight is 309 g/mol. The number of hydrogen-bond donors (Lipinski definition) is 1. The zero-order chi connectivity index (χ0) is 15.5. The maximum Gasteiger partial charge on any atom is 0.246 e. The summed E-state index contributed by atoms with van der Waals surface area (Å²) in [5.74, 6) is 0. The Balaban J connectivity index is 2.28. The minimum atomic E-state index is -3.61. The Morgan fingerprint density at radius 2 is 2.14 bits per heavy atom. The van der Waals surface area contributed by atoms with Gasteiger partial charge in [0.25, 0.3) is 0 Å². The highest BCUT2D eigenvalue weighted by Gasteiger charge is 2.24. The number of hydrogen-bond acceptors (Lipinski definition) is 5. The summed E-state index contributed by atoms with van der Waals surface area (Å²) in [5, 5.41) is 7.08. The molecule has 7 nitrogen and oxygen atoms in total. The molecule has 0 unspecified atom stereocenters. The molecule has 0 atom stereocenters. The van der Waals surface area contributed by atoms with Crippen LogP contribution in [0.5, 0.6) is 0 Å². The highest BCUT2D eigenvalue weighted by Crippen LogP contribution is 2.23. The van der Waals surface area contributed by atoms with Gasteiger partial charge in [0.1, 0.15) is 4.90 Å². The Morgan fingerprint density at radius 3 is 2.76 bits per heavy atom. The molecule has 0 fully saturated rings. The van der Waals surface area contributed by atoms with Crippen LogP contribution in [-0.4, -0.2) is 41.1 Å². The molecule has 2 aromatic heterocycles. The molecular formula is C13H19N5O2S. The molecule has 0 aliphatic carbocycles. The second kappa shape index (κ2) is 6.23. The lowest BCUT2D eigenvalue weighted by molar-refractivity contribution is 0.466. The molecule has 0 aromatic carbocycles. The van der Waals surface area contributed by atoms with Crippen LogP contribution in [0.2, 0.25) is 0 Å². The Hall–Kier alpha value is -1.93. The highest BCUT2D eigenvalue weighted by atomic mass is 32.2. The van der Waals surface area contributed by atoms with Gasteiger partial charge in [0.2, 0.25) is 10.0 Å². The summed E-state index contributed by atoms with van der Waals surface area (Å²) >= 11 is 0. The van der Waals surface area contributed by atoms with E-state index < -0.39 is 10.0 Å². The number of pyridine rings is 1. The van der Waals surface area contributed by atoms with Crippen LogP contribution in [0.4, 0.5) is 5.69 Å². The second-order valence-electron chi connectivity index (χ2n) is 4.69. The number of aryl methyl sites for hydroxylation is 1. The van der Waals surface area contributed by atoms with E-state index in [4.69, 9.17) is 0 Å². The molecule has 2 heterocycles. The molecule has 0 amide bonds. The smallest absolute Gasteiger partial charge is 0.246 e. The van der Waals surface area contributed by atoms with E-state index in [1.165, 1.54) is 10.5 Å². The Morgan fingerprint density at radius 1 is 1.38 bits per heavy atom. The van der Waals surface area contributed by atoms with Crippen molar-refractivity contribution in [1.29, 1.82) is 0 Å². The van der Waals surface area contributed by atoms with E-state index in [0.29, 0.717) is 12.2 Å². The lowest BCUT2D eigenvalue weighted by Gasteiger charge is -2.18. The predicted octanol–water partition coefficient (Wildman–Crippen LogP) is 1.07. The molecular weight excluding hydrogens is 290 g/mol. The number of sulfonamides is 1. The molecule has 0 bridgehead atoms. The van der Waals surface area contributed by atoms with E-state index in [9.17, 15) is 8.42 Å². The van der Waals surface area contributed by atoms with Crippen molar-refractivity contribution in [2.75, 3.05) is 18.9 Å². The minimum absolute atomic E-state index is 0.179. The summed E-state index contributed by atoms with van der Waals surface area (Å²) in [6.45, 7) is 2.81. The van der Waals surface area contributed by atoms with Crippen LogP contribution in [0.1, 0.15) is 12.5 Å². The third kappa shape index (κ3) is 3.40. The molecule has 2 rings (SSSR count). The van der Waals surface area contributed by atoms with Gasteiger partial charge in [0.05, 0.1) is 11.9 Å². The van der Waals surface area contributed by atoms with Crippen molar-refractivity contribution in [1.82, 2.24) is 19.1 Å². The Bertz CT molecular complexity index is 711. The van der Waals surface area contributed by atoms with Crippen LogP contribution < -0.4 is 5.32 Å². The van der Waals surface area contributed by atoms with E-state index in [2.05, 4.69) is 15.4 Å². The zero-order valence-electron chi connectivity index (χ0n) is 12.3. The molecule has 0 radical (unpaired) electrons. The molecule has 0 saturated carbocycles. The number of rotatable bonds is 6. The van der Waals surface area contributed by atoms with Gasteiger partial charge in [-0.25, -0.2) is 8.42 Å². The van der Waals surface area contributed by atoms with Gasteiger partial charge < -0.3 is 5.32 Å². The molecule has 21 heavy (non-hydrogen) atoms. The van der Waals surface area contributed by atoms with Crippen LogP contribution in [0.15, 0.2) is 35.7 Å². The van der Waals surface area contributed by atoms with E-state index >= 15 is 0 Å². The summed E-state index contributed by atoms with van der Waals surface area (Å²) in [6, 6.07) is 1.66. The molecule has 0 aliphatic rings. The molecule has 0 spiro atoms. The number of anilines is 1. The van der Waals surface area contributed by atoms with Gasteiger partial charge in [-0.1, -0.05) is 0 Å². The average Bonchev–Trinajstić information content (AvgIpc) is 2.85. The normalized spacial score (nSPS) is 11.8. The summed E-state index contributed by atoms with van der Waals surface area (Å²) in [5.41, 5.74) is 1.39. The SMILES string of the molecule is CCNc1ccncc1S(=O)(=O)N(C)Cc1cnn(C)c1. The Labute approximate surface area is 124 Å². The summed E-state index contributed by atoms with van der Waals surface area (Å²) in [4.78, 5) is 4.10. The zero-order valence-corrected chi connectivity index (χ0v) is 13.1. The maximum atomic E-state index is 12.7. The van der Waals surface area contributed by atoms with E-state index in [1.807, 2.05) is 6.92 Å². The first-order valence-electron chi connectivity index (χ1n) is 6.57.